The van der Waals surface area contributed by atoms with Gasteiger partial charge in [0.15, 0.2) is 5.82 Å². The van der Waals surface area contributed by atoms with Crippen molar-refractivity contribution in [3.63, 3.8) is 0 Å². The van der Waals surface area contributed by atoms with Crippen LogP contribution in [0.15, 0.2) is 57.8 Å². The van der Waals surface area contributed by atoms with Crippen LogP contribution >= 0.6 is 0 Å². The Balaban J connectivity index is 1.53. The number of nitrogens with zero attached hydrogens (tertiary/aromatic N) is 1. The molecule has 1 aromatic heterocycles. The Bertz CT molecular complexity index is 972. The molecule has 0 radical (unpaired) electrons. The number of fused-ring (bicyclic) bond motifs is 1. The predicted molar refractivity (Wildman–Crippen MR) is 92.1 cm³/mol. The summed E-state index contributed by atoms with van der Waals surface area (Å²) in [5, 5.41) is 6.77. The van der Waals surface area contributed by atoms with Crippen molar-refractivity contribution in [3.05, 3.63) is 75.8 Å². The molecule has 126 valence electrons. The predicted octanol–water partition coefficient (Wildman–Crippen LogP) is 2.69. The first-order valence-corrected chi connectivity index (χ1v) is 8.17. The van der Waals surface area contributed by atoms with Gasteiger partial charge in [0.2, 0.25) is 0 Å². The fraction of sp³-hybridized carbons (Fsp3) is 0.211. The summed E-state index contributed by atoms with van der Waals surface area (Å²) >= 11 is 0. The summed E-state index contributed by atoms with van der Waals surface area (Å²) in [4.78, 5) is 26.1. The Hall–Kier alpha value is -3.15. The summed E-state index contributed by atoms with van der Waals surface area (Å²) in [5.41, 5.74) is 3.74. The summed E-state index contributed by atoms with van der Waals surface area (Å²) in [6.07, 6.45) is 0.972. The smallest absolute Gasteiger partial charge is 0.345 e. The molecule has 25 heavy (non-hydrogen) atoms. The minimum absolute atomic E-state index is 0.0234. The number of H-pyrrole nitrogens is 1. The number of amides is 1. The molecule has 0 saturated heterocycles. The molecule has 6 heteroatoms. The number of aromatic nitrogens is 2. The average molecular weight is 335 g/mol. The van der Waals surface area contributed by atoms with Gasteiger partial charge in [0.05, 0.1) is 6.04 Å². The molecule has 1 amide bonds. The first-order valence-electron chi connectivity index (χ1n) is 8.17. The minimum atomic E-state index is -0.606. The zero-order valence-electron chi connectivity index (χ0n) is 13.7. The molecule has 0 unspecified atom stereocenters. The Kier molecular flexibility index (Phi) is 3.72. The van der Waals surface area contributed by atoms with Crippen LogP contribution in [0.25, 0.3) is 11.4 Å². The Morgan fingerprint density at radius 1 is 1.20 bits per heavy atom. The SMILES string of the molecule is C[C@H]1Cc2ccccc2[C@@H]1NC(=O)c1ccc(-c2noc(=O)[nH]2)cc1. The lowest BCUT2D eigenvalue weighted by atomic mass is 10.0. The maximum absolute atomic E-state index is 12.6. The third kappa shape index (κ3) is 2.87. The van der Waals surface area contributed by atoms with Gasteiger partial charge in [-0.1, -0.05) is 48.5 Å². The molecule has 1 aliphatic carbocycles. The van der Waals surface area contributed by atoms with Gasteiger partial charge in [-0.3, -0.25) is 14.3 Å². The van der Waals surface area contributed by atoms with Crippen molar-refractivity contribution in [1.82, 2.24) is 15.5 Å². The van der Waals surface area contributed by atoms with Gasteiger partial charge >= 0.3 is 5.76 Å². The molecule has 0 aliphatic heterocycles. The first kappa shape index (κ1) is 15.4. The van der Waals surface area contributed by atoms with Crippen molar-refractivity contribution in [1.29, 1.82) is 0 Å². The third-order valence-corrected chi connectivity index (χ3v) is 4.65. The van der Waals surface area contributed by atoms with E-state index in [2.05, 4.69) is 39.0 Å². The zero-order chi connectivity index (χ0) is 17.4. The number of rotatable bonds is 3. The summed E-state index contributed by atoms with van der Waals surface area (Å²) in [7, 11) is 0. The van der Waals surface area contributed by atoms with E-state index in [9.17, 15) is 9.59 Å². The molecule has 1 heterocycles. The maximum Gasteiger partial charge on any atom is 0.439 e. The molecule has 1 aliphatic rings. The number of benzene rings is 2. The zero-order valence-corrected chi connectivity index (χ0v) is 13.7. The van der Waals surface area contributed by atoms with E-state index in [1.54, 1.807) is 24.3 Å². The molecule has 4 rings (SSSR count). The number of hydrogen-bond acceptors (Lipinski definition) is 4. The summed E-state index contributed by atoms with van der Waals surface area (Å²) < 4.78 is 4.49. The van der Waals surface area contributed by atoms with E-state index in [0.29, 0.717) is 22.9 Å². The van der Waals surface area contributed by atoms with Crippen LogP contribution in [-0.4, -0.2) is 16.0 Å². The number of aromatic amines is 1. The molecule has 2 atom stereocenters. The van der Waals surface area contributed by atoms with E-state index < -0.39 is 5.76 Å². The lowest BCUT2D eigenvalue weighted by Gasteiger charge is -2.19. The highest BCUT2D eigenvalue weighted by atomic mass is 16.5. The topological polar surface area (TPSA) is 88.0 Å². The standard InChI is InChI=1S/C19H17N3O3/c1-11-10-14-4-2-3-5-15(14)16(11)20-18(23)13-8-6-12(7-9-13)17-21-19(24)25-22-17/h2-9,11,16H,10H2,1H3,(H,20,23)(H,21,22,24)/t11-,16+/m0/s1. The largest absolute Gasteiger partial charge is 0.439 e. The second kappa shape index (κ2) is 6.05. The Morgan fingerprint density at radius 2 is 1.96 bits per heavy atom. The average Bonchev–Trinajstić information content (AvgIpc) is 3.19. The van der Waals surface area contributed by atoms with E-state index in [-0.39, 0.29) is 11.9 Å². The van der Waals surface area contributed by atoms with Gasteiger partial charge in [-0.2, -0.15) is 0 Å². The third-order valence-electron chi connectivity index (χ3n) is 4.65. The quantitative estimate of drug-likeness (QED) is 0.770. The van der Waals surface area contributed by atoms with E-state index >= 15 is 0 Å². The molecule has 0 bridgehead atoms. The molecule has 6 nitrogen and oxygen atoms in total. The van der Waals surface area contributed by atoms with Crippen LogP contribution in [0.4, 0.5) is 0 Å². The van der Waals surface area contributed by atoms with Gasteiger partial charge in [-0.05, 0) is 35.6 Å². The van der Waals surface area contributed by atoms with Crippen molar-refractivity contribution in [3.8, 4) is 11.4 Å². The van der Waals surface area contributed by atoms with Gasteiger partial charge < -0.3 is 5.32 Å². The molecule has 0 fully saturated rings. The van der Waals surface area contributed by atoms with Gasteiger partial charge in [0, 0.05) is 11.1 Å². The van der Waals surface area contributed by atoms with Crippen molar-refractivity contribution in [2.75, 3.05) is 0 Å². The number of carbonyl (C=O) groups excluding carboxylic acids is 1. The van der Waals surface area contributed by atoms with Crippen LogP contribution in [0.1, 0.15) is 34.5 Å². The van der Waals surface area contributed by atoms with Crippen LogP contribution in [0.3, 0.4) is 0 Å². The number of carbonyl (C=O) groups is 1. The summed E-state index contributed by atoms with van der Waals surface area (Å²) in [6.45, 7) is 2.15. The Morgan fingerprint density at radius 3 is 2.68 bits per heavy atom. The monoisotopic (exact) mass is 335 g/mol. The van der Waals surface area contributed by atoms with Crippen LogP contribution in [-0.2, 0) is 6.42 Å². The van der Waals surface area contributed by atoms with Crippen molar-refractivity contribution >= 4 is 5.91 Å². The van der Waals surface area contributed by atoms with E-state index in [1.807, 2.05) is 12.1 Å². The van der Waals surface area contributed by atoms with Crippen molar-refractivity contribution in [2.24, 2.45) is 5.92 Å². The summed E-state index contributed by atoms with van der Waals surface area (Å²) in [6, 6.07) is 15.1. The van der Waals surface area contributed by atoms with Crippen molar-refractivity contribution in [2.45, 2.75) is 19.4 Å². The molecule has 2 N–H and O–H groups in total. The summed E-state index contributed by atoms with van der Waals surface area (Å²) in [5.74, 6) is -0.0180. The molecule has 3 aromatic rings. The Labute approximate surface area is 143 Å². The molecular weight excluding hydrogens is 318 g/mol. The van der Waals surface area contributed by atoms with Crippen LogP contribution < -0.4 is 11.1 Å². The van der Waals surface area contributed by atoms with Crippen LogP contribution in [0.5, 0.6) is 0 Å². The second-order valence-corrected chi connectivity index (χ2v) is 6.35. The first-order chi connectivity index (χ1) is 12.1. The second-order valence-electron chi connectivity index (χ2n) is 6.35. The molecule has 0 saturated carbocycles. The number of hydrogen-bond donors (Lipinski definition) is 2. The van der Waals surface area contributed by atoms with E-state index in [1.165, 1.54) is 11.1 Å². The lowest BCUT2D eigenvalue weighted by Crippen LogP contribution is -2.30. The van der Waals surface area contributed by atoms with Gasteiger partial charge in [0.25, 0.3) is 5.91 Å². The molecular formula is C19H17N3O3. The van der Waals surface area contributed by atoms with Gasteiger partial charge in [-0.15, -0.1) is 0 Å². The highest BCUT2D eigenvalue weighted by Gasteiger charge is 2.30. The molecule has 0 spiro atoms. The van der Waals surface area contributed by atoms with E-state index in [0.717, 1.165) is 6.42 Å². The van der Waals surface area contributed by atoms with Crippen LogP contribution in [0, 0.1) is 5.92 Å². The number of nitrogens with one attached hydrogen (secondary N) is 2. The van der Waals surface area contributed by atoms with Gasteiger partial charge in [0.1, 0.15) is 0 Å². The minimum Gasteiger partial charge on any atom is -0.345 e. The van der Waals surface area contributed by atoms with Crippen LogP contribution in [0.2, 0.25) is 0 Å². The normalized spacial score (nSPS) is 18.8. The fourth-order valence-corrected chi connectivity index (χ4v) is 3.37. The van der Waals surface area contributed by atoms with Crippen molar-refractivity contribution < 1.29 is 9.32 Å². The maximum atomic E-state index is 12.6. The lowest BCUT2D eigenvalue weighted by molar-refractivity contribution is 0.0927. The fourth-order valence-electron chi connectivity index (χ4n) is 3.37. The molecule has 2 aromatic carbocycles. The highest BCUT2D eigenvalue weighted by Crippen LogP contribution is 2.35. The van der Waals surface area contributed by atoms with Gasteiger partial charge in [-0.25, -0.2) is 4.79 Å². The van der Waals surface area contributed by atoms with E-state index in [4.69, 9.17) is 0 Å². The highest BCUT2D eigenvalue weighted by molar-refractivity contribution is 5.95.